The normalized spacial score (nSPS) is 18.4. The van der Waals surface area contributed by atoms with Gasteiger partial charge in [0, 0.05) is 37.6 Å². The first-order chi connectivity index (χ1) is 15.0. The number of nitrogens with one attached hydrogen (secondary N) is 1. The topological polar surface area (TPSA) is 84.9 Å². The van der Waals surface area contributed by atoms with E-state index in [0.717, 1.165) is 25.7 Å². The highest BCUT2D eigenvalue weighted by Gasteiger charge is 2.42. The van der Waals surface area contributed by atoms with Crippen molar-refractivity contribution in [2.24, 2.45) is 0 Å². The Morgan fingerprint density at radius 1 is 0.935 bits per heavy atom. The van der Waals surface area contributed by atoms with E-state index >= 15 is 0 Å². The van der Waals surface area contributed by atoms with E-state index in [2.05, 4.69) is 5.32 Å². The Labute approximate surface area is 180 Å². The molecule has 2 aromatic carbocycles. The van der Waals surface area contributed by atoms with Crippen molar-refractivity contribution < 1.29 is 23.9 Å². The summed E-state index contributed by atoms with van der Waals surface area (Å²) in [6.07, 6.45) is 5.72. The molecule has 0 radical (unpaired) electrons. The van der Waals surface area contributed by atoms with Crippen molar-refractivity contribution in [1.82, 2.24) is 4.90 Å². The summed E-state index contributed by atoms with van der Waals surface area (Å²) in [5, 5.41) is 2.87. The number of anilines is 1. The number of benzene rings is 2. The standard InChI is InChI=1S/C24H24N2O5/c27-21(9-6-14-26-22(28)17-7-2-3-8-18(17)23(26)29)25-16-10-11-19-20(15-16)31-24(30-19)12-4-1-5-13-24/h2-3,7-8,10-11,15H,1,4-6,9,12-14H2,(H,25,27). The van der Waals surface area contributed by atoms with Crippen molar-refractivity contribution in [2.45, 2.75) is 50.7 Å². The second-order valence-electron chi connectivity index (χ2n) is 8.30. The zero-order valence-electron chi connectivity index (χ0n) is 17.2. The van der Waals surface area contributed by atoms with Gasteiger partial charge in [-0.2, -0.15) is 0 Å². The van der Waals surface area contributed by atoms with Crippen molar-refractivity contribution >= 4 is 23.4 Å². The molecule has 7 heteroatoms. The average Bonchev–Trinajstić information content (AvgIpc) is 3.23. The van der Waals surface area contributed by atoms with Gasteiger partial charge in [-0.15, -0.1) is 0 Å². The summed E-state index contributed by atoms with van der Waals surface area (Å²) in [6, 6.07) is 12.2. The van der Waals surface area contributed by atoms with Crippen molar-refractivity contribution in [3.05, 3.63) is 53.6 Å². The molecule has 2 heterocycles. The SMILES string of the molecule is O=C(CCCN1C(=O)c2ccccc2C1=O)Nc1ccc2c(c1)OC1(CCCCC1)O2. The smallest absolute Gasteiger partial charge is 0.261 e. The summed E-state index contributed by atoms with van der Waals surface area (Å²) < 4.78 is 12.2. The molecule has 0 saturated heterocycles. The van der Waals surface area contributed by atoms with Crippen molar-refractivity contribution in [1.29, 1.82) is 0 Å². The summed E-state index contributed by atoms with van der Waals surface area (Å²) in [5.74, 6) is 0.0521. The van der Waals surface area contributed by atoms with Crippen LogP contribution in [0.5, 0.6) is 11.5 Å². The van der Waals surface area contributed by atoms with Crippen LogP contribution in [-0.2, 0) is 4.79 Å². The predicted octanol–water partition coefficient (Wildman–Crippen LogP) is 4.13. The summed E-state index contributed by atoms with van der Waals surface area (Å²) in [7, 11) is 0. The lowest BCUT2D eigenvalue weighted by Gasteiger charge is -2.31. The number of imide groups is 1. The number of hydrogen-bond donors (Lipinski definition) is 1. The zero-order chi connectivity index (χ0) is 21.4. The number of carbonyl (C=O) groups is 3. The Morgan fingerprint density at radius 2 is 1.61 bits per heavy atom. The van der Waals surface area contributed by atoms with Crippen LogP contribution in [0.25, 0.3) is 0 Å². The van der Waals surface area contributed by atoms with Gasteiger partial charge in [0.05, 0.1) is 11.1 Å². The molecular weight excluding hydrogens is 396 g/mol. The Bertz CT molecular complexity index is 1020. The molecule has 0 unspecified atom stereocenters. The van der Waals surface area contributed by atoms with E-state index in [1.165, 1.54) is 11.3 Å². The van der Waals surface area contributed by atoms with E-state index in [0.29, 0.717) is 34.7 Å². The number of rotatable bonds is 5. The van der Waals surface area contributed by atoms with Crippen LogP contribution in [0.3, 0.4) is 0 Å². The molecule has 2 aromatic rings. The van der Waals surface area contributed by atoms with Crippen LogP contribution < -0.4 is 14.8 Å². The molecule has 1 N–H and O–H groups in total. The fourth-order valence-electron chi connectivity index (χ4n) is 4.53. The third-order valence-corrected chi connectivity index (χ3v) is 6.10. The molecule has 1 aliphatic carbocycles. The number of ether oxygens (including phenoxy) is 2. The summed E-state index contributed by atoms with van der Waals surface area (Å²) in [6.45, 7) is 0.212. The molecule has 5 rings (SSSR count). The van der Waals surface area contributed by atoms with Gasteiger partial charge < -0.3 is 14.8 Å². The number of hydrogen-bond acceptors (Lipinski definition) is 5. The fraction of sp³-hybridized carbons (Fsp3) is 0.375. The van der Waals surface area contributed by atoms with Gasteiger partial charge in [-0.05, 0) is 43.5 Å². The molecule has 1 spiro atoms. The molecule has 1 saturated carbocycles. The van der Waals surface area contributed by atoms with E-state index in [9.17, 15) is 14.4 Å². The molecule has 2 aliphatic heterocycles. The van der Waals surface area contributed by atoms with Gasteiger partial charge in [-0.3, -0.25) is 19.3 Å². The second-order valence-corrected chi connectivity index (χ2v) is 8.30. The molecule has 31 heavy (non-hydrogen) atoms. The molecule has 160 valence electrons. The van der Waals surface area contributed by atoms with Crippen LogP contribution in [0, 0.1) is 0 Å². The highest BCUT2D eigenvalue weighted by molar-refractivity contribution is 6.21. The van der Waals surface area contributed by atoms with Crippen LogP contribution >= 0.6 is 0 Å². The van der Waals surface area contributed by atoms with Gasteiger partial charge in [0.25, 0.3) is 17.6 Å². The zero-order valence-corrected chi connectivity index (χ0v) is 17.2. The van der Waals surface area contributed by atoms with E-state index in [4.69, 9.17) is 9.47 Å². The lowest BCUT2D eigenvalue weighted by atomic mass is 9.94. The molecule has 7 nitrogen and oxygen atoms in total. The van der Waals surface area contributed by atoms with Crippen LogP contribution in [-0.4, -0.2) is 35.0 Å². The molecule has 0 bridgehead atoms. The first-order valence-electron chi connectivity index (χ1n) is 10.8. The maximum absolute atomic E-state index is 12.4. The first-order valence-corrected chi connectivity index (χ1v) is 10.8. The summed E-state index contributed by atoms with van der Waals surface area (Å²) >= 11 is 0. The molecule has 3 aliphatic rings. The molecular formula is C24H24N2O5. The highest BCUT2D eigenvalue weighted by Crippen LogP contribution is 2.46. The van der Waals surface area contributed by atoms with Crippen LogP contribution in [0.2, 0.25) is 0 Å². The lowest BCUT2D eigenvalue weighted by molar-refractivity contribution is -0.116. The Hall–Kier alpha value is -3.35. The molecule has 3 amide bonds. The van der Waals surface area contributed by atoms with Crippen molar-refractivity contribution in [3.8, 4) is 11.5 Å². The Morgan fingerprint density at radius 3 is 2.32 bits per heavy atom. The first kappa shape index (κ1) is 19.6. The third-order valence-electron chi connectivity index (χ3n) is 6.10. The van der Waals surface area contributed by atoms with Crippen LogP contribution in [0.4, 0.5) is 5.69 Å². The van der Waals surface area contributed by atoms with Crippen LogP contribution in [0.15, 0.2) is 42.5 Å². The van der Waals surface area contributed by atoms with E-state index in [1.54, 1.807) is 36.4 Å². The average molecular weight is 420 g/mol. The van der Waals surface area contributed by atoms with Gasteiger partial charge in [0.1, 0.15) is 0 Å². The van der Waals surface area contributed by atoms with E-state index in [-0.39, 0.29) is 30.7 Å². The van der Waals surface area contributed by atoms with E-state index in [1.807, 2.05) is 6.07 Å². The predicted molar refractivity (Wildman–Crippen MR) is 113 cm³/mol. The lowest BCUT2D eigenvalue weighted by Crippen LogP contribution is -2.40. The monoisotopic (exact) mass is 420 g/mol. The van der Waals surface area contributed by atoms with E-state index < -0.39 is 5.79 Å². The van der Waals surface area contributed by atoms with Crippen molar-refractivity contribution in [2.75, 3.05) is 11.9 Å². The number of nitrogens with zero attached hydrogens (tertiary/aromatic N) is 1. The maximum atomic E-state index is 12.4. The summed E-state index contributed by atoms with van der Waals surface area (Å²) in [4.78, 5) is 38.4. The summed E-state index contributed by atoms with van der Waals surface area (Å²) in [5.41, 5.74) is 1.49. The van der Waals surface area contributed by atoms with Crippen LogP contribution in [0.1, 0.15) is 65.7 Å². The molecule has 1 fully saturated rings. The van der Waals surface area contributed by atoms with Gasteiger partial charge in [-0.1, -0.05) is 18.6 Å². The maximum Gasteiger partial charge on any atom is 0.261 e. The van der Waals surface area contributed by atoms with Gasteiger partial charge in [-0.25, -0.2) is 0 Å². The molecule has 0 aromatic heterocycles. The van der Waals surface area contributed by atoms with Crippen molar-refractivity contribution in [3.63, 3.8) is 0 Å². The number of carbonyl (C=O) groups excluding carboxylic acids is 3. The minimum Gasteiger partial charge on any atom is -0.448 e. The Kier molecular flexibility index (Phi) is 4.88. The number of fused-ring (bicyclic) bond motifs is 2. The largest absolute Gasteiger partial charge is 0.448 e. The van der Waals surface area contributed by atoms with Gasteiger partial charge in [0.2, 0.25) is 5.91 Å². The minimum atomic E-state index is -0.546. The second kappa shape index (κ2) is 7.72. The fourth-order valence-corrected chi connectivity index (χ4v) is 4.53. The minimum absolute atomic E-state index is 0.178. The quantitative estimate of drug-likeness (QED) is 0.735. The Balaban J connectivity index is 1.14. The van der Waals surface area contributed by atoms with Gasteiger partial charge in [0.15, 0.2) is 11.5 Å². The van der Waals surface area contributed by atoms with Gasteiger partial charge >= 0.3 is 0 Å². The molecule has 0 atom stereocenters. The highest BCUT2D eigenvalue weighted by atomic mass is 16.7. The number of amides is 3. The third kappa shape index (κ3) is 3.65.